The highest BCUT2D eigenvalue weighted by molar-refractivity contribution is 7.18. The predicted octanol–water partition coefficient (Wildman–Crippen LogP) is 1.22. The third-order valence-corrected chi connectivity index (χ3v) is 5.34. The Balaban J connectivity index is 1.63. The van der Waals surface area contributed by atoms with Gasteiger partial charge in [-0.05, 0) is 18.9 Å². The van der Waals surface area contributed by atoms with Gasteiger partial charge >= 0.3 is 0 Å². The third kappa shape index (κ3) is 2.01. The fraction of sp³-hybridized carbons (Fsp3) is 0.615. The van der Waals surface area contributed by atoms with E-state index in [1.165, 1.54) is 25.9 Å². The van der Waals surface area contributed by atoms with Crippen molar-refractivity contribution in [1.29, 1.82) is 0 Å². The molecule has 0 aliphatic carbocycles. The van der Waals surface area contributed by atoms with E-state index in [0.717, 1.165) is 28.9 Å². The summed E-state index contributed by atoms with van der Waals surface area (Å²) in [6.07, 6.45) is 4.30. The van der Waals surface area contributed by atoms with E-state index in [1.54, 1.807) is 17.5 Å². The fourth-order valence-electron chi connectivity index (χ4n) is 3.16. The summed E-state index contributed by atoms with van der Waals surface area (Å²) < 4.78 is 1.85. The van der Waals surface area contributed by atoms with Crippen molar-refractivity contribution in [3.8, 4) is 10.7 Å². The smallest absolute Gasteiger partial charge is 0.208 e. The van der Waals surface area contributed by atoms with Gasteiger partial charge in [0, 0.05) is 45.5 Å². The van der Waals surface area contributed by atoms with Crippen LogP contribution in [0.15, 0.2) is 12.3 Å². The molecule has 5 heterocycles. The lowest BCUT2D eigenvalue weighted by Gasteiger charge is -2.30. The van der Waals surface area contributed by atoms with Crippen molar-refractivity contribution in [3.05, 3.63) is 12.3 Å². The molecular formula is C13H18N6S. The molecule has 20 heavy (non-hydrogen) atoms. The van der Waals surface area contributed by atoms with Gasteiger partial charge in [0.05, 0.1) is 5.69 Å². The number of nitrogens with zero attached hydrogens (tertiary/aromatic N) is 6. The summed E-state index contributed by atoms with van der Waals surface area (Å²) in [5.74, 6) is 0. The maximum atomic E-state index is 4.43. The molecule has 7 heteroatoms. The van der Waals surface area contributed by atoms with Crippen molar-refractivity contribution in [1.82, 2.24) is 24.9 Å². The van der Waals surface area contributed by atoms with Gasteiger partial charge in [0.2, 0.25) is 5.13 Å². The Kier molecular flexibility index (Phi) is 2.96. The number of fused-ring (bicyclic) bond motifs is 4. The van der Waals surface area contributed by atoms with Crippen LogP contribution in [0.1, 0.15) is 12.8 Å². The molecule has 0 spiro atoms. The minimum atomic E-state index is 0.640. The number of hydrogen-bond acceptors (Lipinski definition) is 6. The van der Waals surface area contributed by atoms with Crippen LogP contribution >= 0.6 is 11.3 Å². The van der Waals surface area contributed by atoms with Crippen LogP contribution in [0, 0.1) is 0 Å². The Morgan fingerprint density at radius 1 is 1.15 bits per heavy atom. The Labute approximate surface area is 122 Å². The lowest BCUT2D eigenvalue weighted by atomic mass is 10.1. The molecule has 3 aliphatic rings. The Hall–Kier alpha value is -1.47. The molecule has 3 aliphatic heterocycles. The van der Waals surface area contributed by atoms with Crippen molar-refractivity contribution in [2.24, 2.45) is 7.05 Å². The molecule has 2 aromatic rings. The Morgan fingerprint density at radius 3 is 2.75 bits per heavy atom. The number of piperidine rings is 1. The summed E-state index contributed by atoms with van der Waals surface area (Å²) >= 11 is 1.68. The number of hydrogen-bond donors (Lipinski definition) is 0. The fourth-order valence-corrected chi connectivity index (χ4v) is 4.16. The topological polar surface area (TPSA) is 50.1 Å². The van der Waals surface area contributed by atoms with Gasteiger partial charge in [-0.15, -0.1) is 10.2 Å². The first kappa shape index (κ1) is 12.3. The second-order valence-electron chi connectivity index (χ2n) is 5.50. The summed E-state index contributed by atoms with van der Waals surface area (Å²) in [6, 6.07) is 2.63. The van der Waals surface area contributed by atoms with Crippen LogP contribution in [-0.2, 0) is 7.05 Å². The highest BCUT2D eigenvalue weighted by atomic mass is 32.1. The molecule has 5 rings (SSSR count). The lowest BCUT2D eigenvalue weighted by Crippen LogP contribution is -2.37. The largest absolute Gasteiger partial charge is 0.342 e. The van der Waals surface area contributed by atoms with Gasteiger partial charge in [0.1, 0.15) is 0 Å². The van der Waals surface area contributed by atoms with Crippen LogP contribution < -0.4 is 4.90 Å². The van der Waals surface area contributed by atoms with Gasteiger partial charge in [-0.2, -0.15) is 5.10 Å². The third-order valence-electron chi connectivity index (χ3n) is 4.36. The first-order valence-electron chi connectivity index (χ1n) is 7.12. The van der Waals surface area contributed by atoms with Crippen molar-refractivity contribution in [3.63, 3.8) is 0 Å². The SMILES string of the molecule is Cn1nccc1-c1nnc(N2CCN3CCC2CC3)s1. The molecule has 0 aromatic carbocycles. The first-order chi connectivity index (χ1) is 9.81. The molecule has 2 bridgehead atoms. The molecule has 3 saturated heterocycles. The second kappa shape index (κ2) is 4.82. The zero-order valence-electron chi connectivity index (χ0n) is 11.6. The Bertz CT molecular complexity index is 598. The van der Waals surface area contributed by atoms with Gasteiger partial charge in [-0.1, -0.05) is 11.3 Å². The van der Waals surface area contributed by atoms with Crippen LogP contribution in [0.25, 0.3) is 10.7 Å². The molecule has 0 amide bonds. The standard InChI is InChI=1S/C13H18N6S/c1-17-11(2-5-14-17)12-15-16-13(20-12)19-9-8-18-6-3-10(19)4-7-18/h2,5,10H,3-4,6-9H2,1H3. The van der Waals surface area contributed by atoms with Crippen molar-refractivity contribution >= 4 is 16.5 Å². The van der Waals surface area contributed by atoms with E-state index in [0.29, 0.717) is 6.04 Å². The van der Waals surface area contributed by atoms with Gasteiger partial charge < -0.3 is 9.80 Å². The van der Waals surface area contributed by atoms with E-state index in [2.05, 4.69) is 25.1 Å². The van der Waals surface area contributed by atoms with E-state index >= 15 is 0 Å². The molecule has 2 aromatic heterocycles. The van der Waals surface area contributed by atoms with Crippen molar-refractivity contribution in [2.45, 2.75) is 18.9 Å². The van der Waals surface area contributed by atoms with Crippen LogP contribution in [0.4, 0.5) is 5.13 Å². The van der Waals surface area contributed by atoms with Gasteiger partial charge in [-0.3, -0.25) is 4.68 Å². The first-order valence-corrected chi connectivity index (χ1v) is 7.94. The minimum Gasteiger partial charge on any atom is -0.342 e. The van der Waals surface area contributed by atoms with Crippen LogP contribution in [-0.4, -0.2) is 57.1 Å². The van der Waals surface area contributed by atoms with E-state index in [4.69, 9.17) is 0 Å². The Morgan fingerprint density at radius 2 is 2.00 bits per heavy atom. The predicted molar refractivity (Wildman–Crippen MR) is 78.9 cm³/mol. The summed E-state index contributed by atoms with van der Waals surface area (Å²) in [7, 11) is 1.94. The lowest BCUT2D eigenvalue weighted by molar-refractivity contribution is 0.250. The second-order valence-corrected chi connectivity index (χ2v) is 6.45. The molecule has 3 fully saturated rings. The number of anilines is 1. The monoisotopic (exact) mass is 290 g/mol. The maximum absolute atomic E-state index is 4.43. The zero-order valence-corrected chi connectivity index (χ0v) is 12.4. The number of aryl methyl sites for hydroxylation is 1. The molecule has 0 atom stereocenters. The maximum Gasteiger partial charge on any atom is 0.208 e. The van der Waals surface area contributed by atoms with E-state index in [-0.39, 0.29) is 0 Å². The normalized spacial score (nSPS) is 25.9. The van der Waals surface area contributed by atoms with E-state index in [1.807, 2.05) is 17.8 Å². The summed E-state index contributed by atoms with van der Waals surface area (Å²) in [5, 5.41) is 15.0. The van der Waals surface area contributed by atoms with Crippen molar-refractivity contribution in [2.75, 3.05) is 31.1 Å². The molecule has 6 nitrogen and oxygen atoms in total. The summed E-state index contributed by atoms with van der Waals surface area (Å²) in [4.78, 5) is 5.02. The quantitative estimate of drug-likeness (QED) is 0.832. The van der Waals surface area contributed by atoms with Gasteiger partial charge in [0.15, 0.2) is 5.01 Å². The van der Waals surface area contributed by atoms with E-state index < -0.39 is 0 Å². The van der Waals surface area contributed by atoms with Crippen LogP contribution in [0.3, 0.4) is 0 Å². The molecule has 0 saturated carbocycles. The highest BCUT2D eigenvalue weighted by Gasteiger charge is 2.31. The average molecular weight is 290 g/mol. The summed E-state index contributed by atoms with van der Waals surface area (Å²) in [5.41, 5.74) is 1.04. The van der Waals surface area contributed by atoms with Crippen LogP contribution in [0.5, 0.6) is 0 Å². The molecule has 0 radical (unpaired) electrons. The van der Waals surface area contributed by atoms with Gasteiger partial charge in [-0.25, -0.2) is 0 Å². The number of rotatable bonds is 2. The van der Waals surface area contributed by atoms with E-state index in [9.17, 15) is 0 Å². The van der Waals surface area contributed by atoms with Crippen molar-refractivity contribution < 1.29 is 0 Å². The molecular weight excluding hydrogens is 272 g/mol. The highest BCUT2D eigenvalue weighted by Crippen LogP contribution is 2.32. The minimum absolute atomic E-state index is 0.640. The van der Waals surface area contributed by atoms with Crippen LogP contribution in [0.2, 0.25) is 0 Å². The molecule has 0 N–H and O–H groups in total. The number of aromatic nitrogens is 4. The molecule has 0 unspecified atom stereocenters. The average Bonchev–Trinajstić information content (AvgIpc) is 3.00. The van der Waals surface area contributed by atoms with Gasteiger partial charge in [0.25, 0.3) is 0 Å². The summed E-state index contributed by atoms with van der Waals surface area (Å²) in [6.45, 7) is 4.69. The molecule has 106 valence electrons. The zero-order chi connectivity index (χ0) is 13.5.